The van der Waals surface area contributed by atoms with E-state index >= 15 is 0 Å². The number of ketones is 1. The van der Waals surface area contributed by atoms with Crippen molar-refractivity contribution in [1.82, 2.24) is 0 Å². The fourth-order valence-electron chi connectivity index (χ4n) is 2.64. The number of unbranched alkanes of at least 4 members (excludes halogenated alkanes) is 2. The summed E-state index contributed by atoms with van der Waals surface area (Å²) in [6.45, 7) is 8.69. The molecule has 1 nitrogen and oxygen atoms in total. The van der Waals surface area contributed by atoms with Gasteiger partial charge >= 0.3 is 0 Å². The molecule has 0 saturated carbocycles. The average molecular weight is 254 g/mol. The molecule has 0 unspecified atom stereocenters. The standard InChI is InChI=1S/C17H34O/c1-5-10-15(2)11-7-6-8-12-16(3)13-9-14-17(4)18/h15-16H,5-14H2,1-4H3/t15-,16+/m0/s1. The Balaban J connectivity index is 3.29. The number of carbonyl (C=O) groups is 1. The third-order valence-electron chi connectivity index (χ3n) is 3.90. The Morgan fingerprint density at radius 3 is 1.83 bits per heavy atom. The fourth-order valence-corrected chi connectivity index (χ4v) is 2.64. The molecule has 0 bridgehead atoms. The lowest BCUT2D eigenvalue weighted by Crippen LogP contribution is -1.98. The molecule has 0 rings (SSSR count). The van der Waals surface area contributed by atoms with Crippen molar-refractivity contribution in [2.24, 2.45) is 11.8 Å². The molecule has 108 valence electrons. The van der Waals surface area contributed by atoms with Crippen molar-refractivity contribution in [3.63, 3.8) is 0 Å². The summed E-state index contributed by atoms with van der Waals surface area (Å²) in [5.41, 5.74) is 0. The van der Waals surface area contributed by atoms with E-state index in [1.165, 1.54) is 51.4 Å². The quantitative estimate of drug-likeness (QED) is 0.404. The van der Waals surface area contributed by atoms with E-state index in [-0.39, 0.29) is 0 Å². The molecule has 0 radical (unpaired) electrons. The number of Topliss-reactive ketones (excluding diaryl/α,β-unsaturated/α-hetero) is 1. The lowest BCUT2D eigenvalue weighted by molar-refractivity contribution is -0.117. The average Bonchev–Trinajstić information content (AvgIpc) is 2.28. The molecule has 0 fully saturated rings. The van der Waals surface area contributed by atoms with Crippen LogP contribution in [0.25, 0.3) is 0 Å². The van der Waals surface area contributed by atoms with E-state index in [9.17, 15) is 4.79 Å². The molecule has 1 heteroatoms. The Morgan fingerprint density at radius 1 is 0.833 bits per heavy atom. The maximum Gasteiger partial charge on any atom is 0.129 e. The van der Waals surface area contributed by atoms with Gasteiger partial charge < -0.3 is 4.79 Å². The van der Waals surface area contributed by atoms with Crippen molar-refractivity contribution < 1.29 is 4.79 Å². The predicted molar refractivity (Wildman–Crippen MR) is 80.9 cm³/mol. The second kappa shape index (κ2) is 11.7. The van der Waals surface area contributed by atoms with E-state index in [4.69, 9.17) is 0 Å². The van der Waals surface area contributed by atoms with Crippen molar-refractivity contribution in [3.8, 4) is 0 Å². The van der Waals surface area contributed by atoms with Crippen molar-refractivity contribution in [3.05, 3.63) is 0 Å². The largest absolute Gasteiger partial charge is 0.300 e. The topological polar surface area (TPSA) is 17.1 Å². The summed E-state index contributed by atoms with van der Waals surface area (Å²) >= 11 is 0. The van der Waals surface area contributed by atoms with Crippen LogP contribution in [0.1, 0.15) is 91.9 Å². The zero-order valence-electron chi connectivity index (χ0n) is 13.1. The maximum atomic E-state index is 10.8. The van der Waals surface area contributed by atoms with E-state index in [0.717, 1.165) is 24.7 Å². The van der Waals surface area contributed by atoms with Crippen molar-refractivity contribution in [1.29, 1.82) is 0 Å². The third-order valence-corrected chi connectivity index (χ3v) is 3.90. The highest BCUT2D eigenvalue weighted by molar-refractivity contribution is 5.75. The third kappa shape index (κ3) is 12.1. The van der Waals surface area contributed by atoms with E-state index in [2.05, 4.69) is 20.8 Å². The van der Waals surface area contributed by atoms with Crippen molar-refractivity contribution in [2.75, 3.05) is 0 Å². The molecule has 0 aliphatic heterocycles. The number of rotatable bonds is 12. The molecule has 0 spiro atoms. The van der Waals surface area contributed by atoms with Crippen LogP contribution in [-0.2, 0) is 4.79 Å². The van der Waals surface area contributed by atoms with Gasteiger partial charge in [0.2, 0.25) is 0 Å². The minimum Gasteiger partial charge on any atom is -0.300 e. The van der Waals surface area contributed by atoms with E-state index < -0.39 is 0 Å². The van der Waals surface area contributed by atoms with Crippen molar-refractivity contribution >= 4 is 5.78 Å². The molecule has 0 aromatic heterocycles. The van der Waals surface area contributed by atoms with Crippen LogP contribution in [0.5, 0.6) is 0 Å². The highest BCUT2D eigenvalue weighted by Crippen LogP contribution is 2.19. The zero-order chi connectivity index (χ0) is 13.8. The van der Waals surface area contributed by atoms with Crippen LogP contribution in [0.15, 0.2) is 0 Å². The molecular weight excluding hydrogens is 220 g/mol. The molecule has 0 aliphatic carbocycles. The lowest BCUT2D eigenvalue weighted by Gasteiger charge is -2.12. The van der Waals surface area contributed by atoms with Crippen LogP contribution in [0, 0.1) is 11.8 Å². The van der Waals surface area contributed by atoms with Gasteiger partial charge in [-0.25, -0.2) is 0 Å². The second-order valence-corrected chi connectivity index (χ2v) is 6.23. The molecule has 0 heterocycles. The van der Waals surface area contributed by atoms with E-state index in [1.54, 1.807) is 6.92 Å². The minimum absolute atomic E-state index is 0.340. The summed E-state index contributed by atoms with van der Waals surface area (Å²) in [6.07, 6.45) is 12.7. The Morgan fingerprint density at radius 2 is 1.33 bits per heavy atom. The molecule has 0 saturated heterocycles. The Kier molecular flexibility index (Phi) is 11.5. The highest BCUT2D eigenvalue weighted by atomic mass is 16.1. The van der Waals surface area contributed by atoms with Crippen molar-refractivity contribution in [2.45, 2.75) is 91.9 Å². The Bertz CT molecular complexity index is 198. The van der Waals surface area contributed by atoms with Crippen LogP contribution >= 0.6 is 0 Å². The zero-order valence-corrected chi connectivity index (χ0v) is 13.1. The Hall–Kier alpha value is -0.330. The number of hydrogen-bond donors (Lipinski definition) is 0. The van der Waals surface area contributed by atoms with Crippen LogP contribution in [0.3, 0.4) is 0 Å². The highest BCUT2D eigenvalue weighted by Gasteiger charge is 2.04. The van der Waals surface area contributed by atoms with Gasteiger partial charge in [0.15, 0.2) is 0 Å². The van der Waals surface area contributed by atoms with E-state index in [1.807, 2.05) is 0 Å². The van der Waals surface area contributed by atoms with Crippen LogP contribution in [0.4, 0.5) is 0 Å². The van der Waals surface area contributed by atoms with Gasteiger partial charge in [-0.2, -0.15) is 0 Å². The van der Waals surface area contributed by atoms with Gasteiger partial charge in [0.25, 0.3) is 0 Å². The Labute approximate surface area is 115 Å². The molecule has 0 N–H and O–H groups in total. The molecule has 18 heavy (non-hydrogen) atoms. The van der Waals surface area contributed by atoms with E-state index in [0.29, 0.717) is 5.78 Å². The normalized spacial score (nSPS) is 14.4. The lowest BCUT2D eigenvalue weighted by atomic mass is 9.94. The van der Waals surface area contributed by atoms with Crippen LogP contribution in [-0.4, -0.2) is 5.78 Å². The maximum absolute atomic E-state index is 10.8. The van der Waals surface area contributed by atoms with Gasteiger partial charge in [-0.3, -0.25) is 0 Å². The van der Waals surface area contributed by atoms with Gasteiger partial charge in [-0.15, -0.1) is 0 Å². The predicted octanol–water partition coefficient (Wildman–Crippen LogP) is 5.77. The van der Waals surface area contributed by atoms with Gasteiger partial charge in [-0.05, 0) is 25.2 Å². The minimum atomic E-state index is 0.340. The summed E-state index contributed by atoms with van der Waals surface area (Å²) in [7, 11) is 0. The molecule has 0 aromatic rings. The first kappa shape index (κ1) is 17.7. The summed E-state index contributed by atoms with van der Waals surface area (Å²) in [5, 5.41) is 0. The summed E-state index contributed by atoms with van der Waals surface area (Å²) in [4.78, 5) is 10.8. The first-order valence-corrected chi connectivity index (χ1v) is 8.05. The molecule has 0 aliphatic rings. The van der Waals surface area contributed by atoms with Gasteiger partial charge in [0.1, 0.15) is 5.78 Å². The van der Waals surface area contributed by atoms with Gasteiger partial charge in [0, 0.05) is 6.42 Å². The van der Waals surface area contributed by atoms with Crippen LogP contribution < -0.4 is 0 Å². The molecule has 2 atom stereocenters. The van der Waals surface area contributed by atoms with Gasteiger partial charge in [0.05, 0.1) is 0 Å². The number of carbonyl (C=O) groups excluding carboxylic acids is 1. The SMILES string of the molecule is CCC[C@H](C)CCCCC[C@@H](C)CCCC(C)=O. The summed E-state index contributed by atoms with van der Waals surface area (Å²) in [6, 6.07) is 0. The monoisotopic (exact) mass is 254 g/mol. The first-order chi connectivity index (χ1) is 8.56. The van der Waals surface area contributed by atoms with Gasteiger partial charge in [-0.1, -0.05) is 72.1 Å². The first-order valence-electron chi connectivity index (χ1n) is 8.05. The molecular formula is C17H34O. The molecule has 0 amide bonds. The summed E-state index contributed by atoms with van der Waals surface area (Å²) < 4.78 is 0. The fraction of sp³-hybridized carbons (Fsp3) is 0.941. The van der Waals surface area contributed by atoms with Crippen LogP contribution in [0.2, 0.25) is 0 Å². The number of hydrogen-bond acceptors (Lipinski definition) is 1. The molecule has 0 aromatic carbocycles. The smallest absolute Gasteiger partial charge is 0.129 e. The second-order valence-electron chi connectivity index (χ2n) is 6.23. The summed E-state index contributed by atoms with van der Waals surface area (Å²) in [5.74, 6) is 2.06.